The second-order valence-electron chi connectivity index (χ2n) is 5.81. The Morgan fingerprint density at radius 1 is 1.30 bits per heavy atom. The standard InChI is InChI=1S/C17H23N3/c1-3-11-18-15(16-19-12-13-20(16)2)17(9-10-17)14-7-5-4-6-8-14/h4-8,12-13,15,18H,3,9-11H2,1-2H3. The maximum atomic E-state index is 4.60. The molecule has 1 aliphatic carbocycles. The fourth-order valence-electron chi connectivity index (χ4n) is 3.13. The topological polar surface area (TPSA) is 29.9 Å². The molecule has 1 aliphatic rings. The molecule has 0 radical (unpaired) electrons. The van der Waals surface area contributed by atoms with Crippen LogP contribution in [0.15, 0.2) is 42.7 Å². The summed E-state index contributed by atoms with van der Waals surface area (Å²) in [5.41, 5.74) is 1.67. The van der Waals surface area contributed by atoms with Crippen LogP contribution in [0.5, 0.6) is 0 Å². The number of hydrogen-bond donors (Lipinski definition) is 1. The number of imidazole rings is 1. The smallest absolute Gasteiger partial charge is 0.126 e. The number of nitrogens with zero attached hydrogens (tertiary/aromatic N) is 2. The van der Waals surface area contributed by atoms with E-state index in [0.717, 1.165) is 18.8 Å². The summed E-state index contributed by atoms with van der Waals surface area (Å²) in [7, 11) is 2.09. The lowest BCUT2D eigenvalue weighted by molar-refractivity contribution is 0.402. The molecule has 1 aromatic heterocycles. The van der Waals surface area contributed by atoms with E-state index in [1.807, 2.05) is 12.4 Å². The Bertz CT molecular complexity index is 555. The third-order valence-electron chi connectivity index (χ3n) is 4.41. The third kappa shape index (κ3) is 2.27. The maximum Gasteiger partial charge on any atom is 0.126 e. The van der Waals surface area contributed by atoms with Crippen LogP contribution in [0.2, 0.25) is 0 Å². The van der Waals surface area contributed by atoms with E-state index in [2.05, 4.69) is 59.2 Å². The van der Waals surface area contributed by atoms with Gasteiger partial charge in [0.2, 0.25) is 0 Å². The average molecular weight is 269 g/mol. The minimum atomic E-state index is 0.232. The molecule has 0 bridgehead atoms. The molecule has 1 fully saturated rings. The van der Waals surface area contributed by atoms with Gasteiger partial charge in [0.25, 0.3) is 0 Å². The molecule has 0 amide bonds. The second kappa shape index (κ2) is 5.41. The van der Waals surface area contributed by atoms with Crippen molar-refractivity contribution in [2.45, 2.75) is 37.6 Å². The lowest BCUT2D eigenvalue weighted by Crippen LogP contribution is -2.34. The van der Waals surface area contributed by atoms with E-state index in [9.17, 15) is 0 Å². The van der Waals surface area contributed by atoms with Crippen molar-refractivity contribution >= 4 is 0 Å². The lowest BCUT2D eigenvalue weighted by atomic mass is 9.87. The largest absolute Gasteiger partial charge is 0.337 e. The fourth-order valence-corrected chi connectivity index (χ4v) is 3.13. The van der Waals surface area contributed by atoms with Gasteiger partial charge in [0.1, 0.15) is 5.82 Å². The van der Waals surface area contributed by atoms with Crippen molar-refractivity contribution in [1.82, 2.24) is 14.9 Å². The van der Waals surface area contributed by atoms with Gasteiger partial charge in [-0.2, -0.15) is 0 Å². The molecule has 3 rings (SSSR count). The zero-order valence-electron chi connectivity index (χ0n) is 12.3. The van der Waals surface area contributed by atoms with Gasteiger partial charge >= 0.3 is 0 Å². The van der Waals surface area contributed by atoms with Gasteiger partial charge in [0, 0.05) is 24.9 Å². The summed E-state index contributed by atoms with van der Waals surface area (Å²) in [6, 6.07) is 11.2. The van der Waals surface area contributed by atoms with E-state index in [1.165, 1.54) is 18.4 Å². The van der Waals surface area contributed by atoms with Crippen LogP contribution in [-0.2, 0) is 12.5 Å². The van der Waals surface area contributed by atoms with E-state index in [0.29, 0.717) is 6.04 Å². The molecule has 3 heteroatoms. The van der Waals surface area contributed by atoms with Gasteiger partial charge in [-0.3, -0.25) is 0 Å². The summed E-state index contributed by atoms with van der Waals surface area (Å²) >= 11 is 0. The van der Waals surface area contributed by atoms with Crippen molar-refractivity contribution in [3.05, 3.63) is 54.1 Å². The Labute approximate surface area is 121 Å². The number of benzene rings is 1. The summed E-state index contributed by atoms with van der Waals surface area (Å²) < 4.78 is 2.15. The Morgan fingerprint density at radius 2 is 2.05 bits per heavy atom. The summed E-state index contributed by atoms with van der Waals surface area (Å²) in [6.07, 6.45) is 7.57. The molecule has 1 aromatic carbocycles. The highest BCUT2D eigenvalue weighted by Gasteiger charge is 2.52. The highest BCUT2D eigenvalue weighted by Crippen LogP contribution is 2.56. The van der Waals surface area contributed by atoms with E-state index in [-0.39, 0.29) is 5.41 Å². The first-order valence-corrected chi connectivity index (χ1v) is 7.54. The van der Waals surface area contributed by atoms with Crippen LogP contribution in [0.3, 0.4) is 0 Å². The van der Waals surface area contributed by atoms with Crippen LogP contribution in [0.4, 0.5) is 0 Å². The van der Waals surface area contributed by atoms with E-state index >= 15 is 0 Å². The van der Waals surface area contributed by atoms with Gasteiger partial charge in [-0.25, -0.2) is 4.98 Å². The van der Waals surface area contributed by atoms with Gasteiger partial charge in [0.05, 0.1) is 6.04 Å². The zero-order chi connectivity index (χ0) is 14.0. The normalized spacial score (nSPS) is 17.9. The van der Waals surface area contributed by atoms with Crippen molar-refractivity contribution in [2.75, 3.05) is 6.54 Å². The molecule has 20 heavy (non-hydrogen) atoms. The minimum Gasteiger partial charge on any atom is -0.337 e. The first kappa shape index (κ1) is 13.4. The Morgan fingerprint density at radius 3 is 2.60 bits per heavy atom. The Balaban J connectivity index is 1.96. The number of aromatic nitrogens is 2. The maximum absolute atomic E-state index is 4.60. The molecule has 106 valence electrons. The molecule has 2 aromatic rings. The molecule has 0 saturated heterocycles. The van der Waals surface area contributed by atoms with E-state index in [4.69, 9.17) is 0 Å². The van der Waals surface area contributed by atoms with Gasteiger partial charge in [-0.05, 0) is 31.4 Å². The average Bonchev–Trinajstić information content (AvgIpc) is 3.18. The third-order valence-corrected chi connectivity index (χ3v) is 4.41. The quantitative estimate of drug-likeness (QED) is 0.873. The number of nitrogens with one attached hydrogen (secondary N) is 1. The van der Waals surface area contributed by atoms with Gasteiger partial charge < -0.3 is 9.88 Å². The number of hydrogen-bond acceptors (Lipinski definition) is 2. The van der Waals surface area contributed by atoms with Crippen molar-refractivity contribution < 1.29 is 0 Å². The molecule has 1 atom stereocenters. The molecule has 1 heterocycles. The Hall–Kier alpha value is -1.61. The van der Waals surface area contributed by atoms with E-state index < -0.39 is 0 Å². The van der Waals surface area contributed by atoms with Gasteiger partial charge in [-0.1, -0.05) is 37.3 Å². The molecule has 0 aliphatic heterocycles. The molecule has 3 nitrogen and oxygen atoms in total. The summed E-state index contributed by atoms with van der Waals surface area (Å²) in [4.78, 5) is 4.60. The first-order chi connectivity index (χ1) is 9.78. The van der Waals surface area contributed by atoms with Crippen LogP contribution >= 0.6 is 0 Å². The molecule has 1 unspecified atom stereocenters. The molecular weight excluding hydrogens is 246 g/mol. The Kier molecular flexibility index (Phi) is 3.62. The summed E-state index contributed by atoms with van der Waals surface area (Å²) in [6.45, 7) is 3.25. The minimum absolute atomic E-state index is 0.232. The molecule has 0 spiro atoms. The molecular formula is C17H23N3. The van der Waals surface area contributed by atoms with Crippen LogP contribution < -0.4 is 5.32 Å². The van der Waals surface area contributed by atoms with Crippen molar-refractivity contribution in [2.24, 2.45) is 7.05 Å². The van der Waals surface area contributed by atoms with Gasteiger partial charge in [-0.15, -0.1) is 0 Å². The zero-order valence-corrected chi connectivity index (χ0v) is 12.3. The van der Waals surface area contributed by atoms with Crippen molar-refractivity contribution in [3.63, 3.8) is 0 Å². The SMILES string of the molecule is CCCNC(c1nccn1C)C1(c2ccccc2)CC1. The van der Waals surface area contributed by atoms with Crippen molar-refractivity contribution in [3.8, 4) is 0 Å². The monoisotopic (exact) mass is 269 g/mol. The number of aryl methyl sites for hydroxylation is 1. The van der Waals surface area contributed by atoms with Crippen LogP contribution in [0.25, 0.3) is 0 Å². The lowest BCUT2D eigenvalue weighted by Gasteiger charge is -2.28. The van der Waals surface area contributed by atoms with E-state index in [1.54, 1.807) is 0 Å². The van der Waals surface area contributed by atoms with Crippen LogP contribution in [0.1, 0.15) is 43.6 Å². The highest BCUT2D eigenvalue weighted by molar-refractivity contribution is 5.35. The van der Waals surface area contributed by atoms with Crippen LogP contribution in [0, 0.1) is 0 Å². The van der Waals surface area contributed by atoms with Crippen molar-refractivity contribution in [1.29, 1.82) is 0 Å². The second-order valence-corrected chi connectivity index (χ2v) is 5.81. The fraction of sp³-hybridized carbons (Fsp3) is 0.471. The number of rotatable bonds is 6. The van der Waals surface area contributed by atoms with Crippen LogP contribution in [-0.4, -0.2) is 16.1 Å². The molecule has 1 saturated carbocycles. The molecule has 1 N–H and O–H groups in total. The predicted octanol–water partition coefficient (Wildman–Crippen LogP) is 3.19. The predicted molar refractivity (Wildman–Crippen MR) is 81.6 cm³/mol. The summed E-state index contributed by atoms with van der Waals surface area (Å²) in [5.74, 6) is 1.15. The summed E-state index contributed by atoms with van der Waals surface area (Å²) in [5, 5.41) is 3.73. The first-order valence-electron chi connectivity index (χ1n) is 7.54. The van der Waals surface area contributed by atoms with Gasteiger partial charge in [0.15, 0.2) is 0 Å². The highest BCUT2D eigenvalue weighted by atomic mass is 15.1.